The molecule has 0 bridgehead atoms. The Morgan fingerprint density at radius 3 is 2.58 bits per heavy atom. The number of hydrogen-bond donors (Lipinski definition) is 3. The van der Waals surface area contributed by atoms with Crippen molar-refractivity contribution in [2.75, 3.05) is 13.2 Å². The van der Waals surface area contributed by atoms with Crippen molar-refractivity contribution >= 4 is 34.5 Å². The number of fused-ring (bicyclic) bond motifs is 1. The molecule has 9 heteroatoms. The van der Waals surface area contributed by atoms with E-state index < -0.39 is 16.7 Å². The molecule has 0 fully saturated rings. The summed E-state index contributed by atoms with van der Waals surface area (Å²) >= 11 is 0. The molecule has 206 valence electrons. The SMILES string of the molecule is CCCCOc1ccc(C(=O)N/C(=C\c2cccc([N+](=O)[O-])c2)C(=O)NCCc2c(C)[nH]c3ccccc23)cc1. The lowest BCUT2D eigenvalue weighted by atomic mass is 10.1. The first-order valence-corrected chi connectivity index (χ1v) is 13.2. The van der Waals surface area contributed by atoms with Crippen LogP contribution in [0.3, 0.4) is 0 Å². The summed E-state index contributed by atoms with van der Waals surface area (Å²) in [6.45, 7) is 4.99. The Morgan fingerprint density at radius 2 is 1.82 bits per heavy atom. The zero-order valence-electron chi connectivity index (χ0n) is 22.5. The second-order valence-electron chi connectivity index (χ2n) is 9.37. The van der Waals surface area contributed by atoms with Crippen molar-refractivity contribution in [2.24, 2.45) is 0 Å². The number of carbonyl (C=O) groups is 2. The second kappa shape index (κ2) is 13.2. The topological polar surface area (TPSA) is 126 Å². The number of amides is 2. The maximum absolute atomic E-state index is 13.3. The van der Waals surface area contributed by atoms with Crippen molar-refractivity contribution in [2.45, 2.75) is 33.1 Å². The fourth-order valence-corrected chi connectivity index (χ4v) is 4.34. The van der Waals surface area contributed by atoms with Crippen LogP contribution < -0.4 is 15.4 Å². The summed E-state index contributed by atoms with van der Waals surface area (Å²) in [7, 11) is 0. The number of carbonyl (C=O) groups excluding carboxylic acids is 2. The van der Waals surface area contributed by atoms with Gasteiger partial charge in [-0.05, 0) is 67.3 Å². The Balaban J connectivity index is 1.50. The number of nitro groups is 1. The molecule has 0 aliphatic rings. The van der Waals surface area contributed by atoms with Gasteiger partial charge in [0.25, 0.3) is 17.5 Å². The van der Waals surface area contributed by atoms with Gasteiger partial charge in [0.1, 0.15) is 11.4 Å². The number of nitrogens with one attached hydrogen (secondary N) is 3. The molecular formula is C31H32N4O5. The van der Waals surface area contributed by atoms with Crippen LogP contribution in [-0.2, 0) is 11.2 Å². The smallest absolute Gasteiger partial charge is 0.270 e. The number of unbranched alkanes of at least 4 members (excludes halogenated alkanes) is 1. The molecule has 0 atom stereocenters. The summed E-state index contributed by atoms with van der Waals surface area (Å²) in [6, 6.07) is 20.5. The number of ether oxygens (including phenoxy) is 1. The Morgan fingerprint density at radius 1 is 1.05 bits per heavy atom. The van der Waals surface area contributed by atoms with E-state index in [1.807, 2.05) is 31.2 Å². The van der Waals surface area contributed by atoms with Crippen LogP contribution in [0.15, 0.2) is 78.5 Å². The third-order valence-electron chi connectivity index (χ3n) is 6.46. The van der Waals surface area contributed by atoms with Gasteiger partial charge in [-0.25, -0.2) is 0 Å². The van der Waals surface area contributed by atoms with Gasteiger partial charge in [-0.15, -0.1) is 0 Å². The van der Waals surface area contributed by atoms with Gasteiger partial charge in [-0.3, -0.25) is 19.7 Å². The molecule has 9 nitrogen and oxygen atoms in total. The molecule has 0 saturated heterocycles. The van der Waals surface area contributed by atoms with Crippen LogP contribution in [0, 0.1) is 17.0 Å². The molecule has 3 aromatic carbocycles. The minimum absolute atomic E-state index is 0.0237. The normalized spacial score (nSPS) is 11.3. The number of nitro benzene ring substituents is 1. The number of non-ortho nitro benzene ring substituents is 1. The highest BCUT2D eigenvalue weighted by molar-refractivity contribution is 6.05. The molecule has 40 heavy (non-hydrogen) atoms. The average Bonchev–Trinajstić information content (AvgIpc) is 3.28. The molecule has 4 rings (SSSR count). The van der Waals surface area contributed by atoms with Crippen molar-refractivity contribution in [1.29, 1.82) is 0 Å². The standard InChI is InChI=1S/C31H32N4O5/c1-3-4-18-40-25-14-12-23(13-15-25)30(36)34-29(20-22-8-7-9-24(19-22)35(38)39)31(37)32-17-16-26-21(2)33-28-11-6-5-10-27(26)28/h5-15,19-20,33H,3-4,16-18H2,1-2H3,(H,32,37)(H,34,36)/b29-20-. The molecule has 3 N–H and O–H groups in total. The first-order chi connectivity index (χ1) is 19.4. The fourth-order valence-electron chi connectivity index (χ4n) is 4.34. The highest BCUT2D eigenvalue weighted by atomic mass is 16.6. The van der Waals surface area contributed by atoms with Gasteiger partial charge < -0.3 is 20.4 Å². The lowest BCUT2D eigenvalue weighted by Crippen LogP contribution is -2.35. The summed E-state index contributed by atoms with van der Waals surface area (Å²) in [5.74, 6) is -0.334. The van der Waals surface area contributed by atoms with Crippen LogP contribution in [0.2, 0.25) is 0 Å². The lowest BCUT2D eigenvalue weighted by molar-refractivity contribution is -0.384. The van der Waals surface area contributed by atoms with Gasteiger partial charge in [0.2, 0.25) is 0 Å². The van der Waals surface area contributed by atoms with Crippen molar-refractivity contribution in [3.63, 3.8) is 0 Å². The maximum atomic E-state index is 13.3. The number of aryl methyl sites for hydroxylation is 1. The zero-order valence-corrected chi connectivity index (χ0v) is 22.5. The Labute approximate surface area is 232 Å². The Hall–Kier alpha value is -4.92. The van der Waals surface area contributed by atoms with Crippen LogP contribution in [0.25, 0.3) is 17.0 Å². The molecule has 2 amide bonds. The summed E-state index contributed by atoms with van der Waals surface area (Å²) in [5, 5.41) is 17.9. The number of nitrogens with zero attached hydrogens (tertiary/aromatic N) is 1. The molecule has 1 heterocycles. The van der Waals surface area contributed by atoms with Gasteiger partial charge in [-0.2, -0.15) is 0 Å². The van der Waals surface area contributed by atoms with E-state index in [4.69, 9.17) is 4.74 Å². The van der Waals surface area contributed by atoms with Gasteiger partial charge in [-0.1, -0.05) is 43.7 Å². The van der Waals surface area contributed by atoms with Gasteiger partial charge in [0.15, 0.2) is 0 Å². The highest BCUT2D eigenvalue weighted by Gasteiger charge is 2.16. The summed E-state index contributed by atoms with van der Waals surface area (Å²) in [6.07, 6.45) is 3.96. The highest BCUT2D eigenvalue weighted by Crippen LogP contribution is 2.22. The van der Waals surface area contributed by atoms with Crippen molar-refractivity contribution < 1.29 is 19.2 Å². The van der Waals surface area contributed by atoms with E-state index in [1.54, 1.807) is 30.3 Å². The number of benzene rings is 3. The molecule has 0 unspecified atom stereocenters. The van der Waals surface area contributed by atoms with E-state index in [9.17, 15) is 19.7 Å². The van der Waals surface area contributed by atoms with E-state index in [0.29, 0.717) is 36.4 Å². The fraction of sp³-hybridized carbons (Fsp3) is 0.226. The van der Waals surface area contributed by atoms with Crippen molar-refractivity contribution in [1.82, 2.24) is 15.6 Å². The van der Waals surface area contributed by atoms with Gasteiger partial charge in [0.05, 0.1) is 11.5 Å². The van der Waals surface area contributed by atoms with E-state index in [2.05, 4.69) is 22.5 Å². The number of aromatic nitrogens is 1. The predicted octanol–water partition coefficient (Wildman–Crippen LogP) is 5.69. The average molecular weight is 541 g/mol. The maximum Gasteiger partial charge on any atom is 0.270 e. The van der Waals surface area contributed by atoms with Gasteiger partial charge >= 0.3 is 0 Å². The third-order valence-corrected chi connectivity index (χ3v) is 6.46. The Bertz CT molecular complexity index is 1540. The van der Waals surface area contributed by atoms with Crippen molar-refractivity contribution in [3.05, 3.63) is 111 Å². The minimum atomic E-state index is -0.511. The first-order valence-electron chi connectivity index (χ1n) is 13.2. The first kappa shape index (κ1) is 28.1. The molecular weight excluding hydrogens is 508 g/mol. The summed E-state index contributed by atoms with van der Waals surface area (Å²) in [4.78, 5) is 40.4. The van der Waals surface area contributed by atoms with Crippen LogP contribution in [0.1, 0.15) is 46.9 Å². The molecule has 1 aromatic heterocycles. The third kappa shape index (κ3) is 7.13. The van der Waals surface area contributed by atoms with Crippen molar-refractivity contribution in [3.8, 4) is 5.75 Å². The van der Waals surface area contributed by atoms with E-state index >= 15 is 0 Å². The van der Waals surface area contributed by atoms with E-state index in [0.717, 1.165) is 35.0 Å². The van der Waals surface area contributed by atoms with E-state index in [-0.39, 0.29) is 11.4 Å². The molecule has 4 aromatic rings. The van der Waals surface area contributed by atoms with Crippen LogP contribution in [0.5, 0.6) is 5.75 Å². The number of H-pyrrole nitrogens is 1. The van der Waals surface area contributed by atoms with Crippen LogP contribution >= 0.6 is 0 Å². The van der Waals surface area contributed by atoms with Crippen LogP contribution in [0.4, 0.5) is 5.69 Å². The molecule has 0 aliphatic carbocycles. The summed E-state index contributed by atoms with van der Waals surface area (Å²) in [5.41, 5.74) is 3.77. The number of aromatic amines is 1. The molecule has 0 spiro atoms. The van der Waals surface area contributed by atoms with Crippen LogP contribution in [-0.4, -0.2) is 34.9 Å². The number of para-hydroxylation sites is 1. The molecule has 0 aliphatic heterocycles. The predicted molar refractivity (Wildman–Crippen MR) is 155 cm³/mol. The summed E-state index contributed by atoms with van der Waals surface area (Å²) < 4.78 is 5.66. The van der Waals surface area contributed by atoms with Gasteiger partial charge in [0, 0.05) is 40.8 Å². The quantitative estimate of drug-likeness (QED) is 0.0921. The largest absolute Gasteiger partial charge is 0.494 e. The number of rotatable bonds is 12. The number of hydrogen-bond acceptors (Lipinski definition) is 5. The molecule has 0 saturated carbocycles. The minimum Gasteiger partial charge on any atom is -0.494 e. The zero-order chi connectivity index (χ0) is 28.5. The second-order valence-corrected chi connectivity index (χ2v) is 9.37. The van der Waals surface area contributed by atoms with E-state index in [1.165, 1.54) is 24.3 Å². The lowest BCUT2D eigenvalue weighted by Gasteiger charge is -2.12. The monoisotopic (exact) mass is 540 g/mol. The molecule has 0 radical (unpaired) electrons. The Kier molecular flexibility index (Phi) is 9.30.